The van der Waals surface area contributed by atoms with E-state index in [1.54, 1.807) is 0 Å². The maximum atomic E-state index is 12.2. The van der Waals surface area contributed by atoms with E-state index in [-0.39, 0.29) is 16.9 Å². The standard InChI is InChI=1S/C13H24N2O2/c1-12(2,3)14-11(16)13(4-5-13)10-15-6-8-17-9-7-15/h4-10H2,1-3H3,(H,14,16). The van der Waals surface area contributed by atoms with E-state index < -0.39 is 0 Å². The van der Waals surface area contributed by atoms with E-state index in [2.05, 4.69) is 10.2 Å². The average molecular weight is 240 g/mol. The SMILES string of the molecule is CC(C)(C)NC(=O)C1(CN2CCOCC2)CC1. The number of morpholine rings is 1. The molecule has 0 aromatic rings. The number of amides is 1. The molecule has 1 aliphatic carbocycles. The molecule has 2 aliphatic rings. The largest absolute Gasteiger partial charge is 0.379 e. The van der Waals surface area contributed by atoms with E-state index in [1.807, 2.05) is 20.8 Å². The fourth-order valence-corrected chi connectivity index (χ4v) is 2.27. The van der Waals surface area contributed by atoms with E-state index >= 15 is 0 Å². The van der Waals surface area contributed by atoms with Gasteiger partial charge < -0.3 is 10.1 Å². The summed E-state index contributed by atoms with van der Waals surface area (Å²) in [7, 11) is 0. The van der Waals surface area contributed by atoms with Crippen LogP contribution in [-0.2, 0) is 9.53 Å². The summed E-state index contributed by atoms with van der Waals surface area (Å²) in [6.07, 6.45) is 2.07. The molecular formula is C13H24N2O2. The number of hydrogen-bond acceptors (Lipinski definition) is 3. The zero-order chi connectivity index (χ0) is 12.5. The Kier molecular flexibility index (Phi) is 3.46. The fourth-order valence-electron chi connectivity index (χ4n) is 2.27. The van der Waals surface area contributed by atoms with Crippen LogP contribution < -0.4 is 5.32 Å². The molecule has 2 fully saturated rings. The second-order valence-corrected chi connectivity index (χ2v) is 6.37. The Labute approximate surface area is 104 Å². The number of carbonyl (C=O) groups excluding carboxylic acids is 1. The Morgan fingerprint density at radius 1 is 1.29 bits per heavy atom. The summed E-state index contributed by atoms with van der Waals surface area (Å²) in [6, 6.07) is 0. The van der Waals surface area contributed by atoms with Crippen LogP contribution in [0.5, 0.6) is 0 Å². The van der Waals surface area contributed by atoms with Crippen LogP contribution in [0.25, 0.3) is 0 Å². The first kappa shape index (κ1) is 12.8. The Bertz CT molecular complexity index is 286. The van der Waals surface area contributed by atoms with E-state index in [9.17, 15) is 4.79 Å². The quantitative estimate of drug-likeness (QED) is 0.800. The average Bonchev–Trinajstić information content (AvgIpc) is 2.98. The lowest BCUT2D eigenvalue weighted by Crippen LogP contribution is -2.49. The molecule has 0 aromatic carbocycles. The molecule has 0 atom stereocenters. The van der Waals surface area contributed by atoms with E-state index in [0.29, 0.717) is 0 Å². The third kappa shape index (κ3) is 3.42. The van der Waals surface area contributed by atoms with Crippen molar-refractivity contribution in [3.05, 3.63) is 0 Å². The van der Waals surface area contributed by atoms with Crippen molar-refractivity contribution in [2.45, 2.75) is 39.2 Å². The van der Waals surface area contributed by atoms with Crippen molar-refractivity contribution >= 4 is 5.91 Å². The minimum atomic E-state index is -0.127. The minimum Gasteiger partial charge on any atom is -0.379 e. The summed E-state index contributed by atoms with van der Waals surface area (Å²) in [6.45, 7) is 10.5. The first-order valence-electron chi connectivity index (χ1n) is 6.54. The van der Waals surface area contributed by atoms with Gasteiger partial charge in [0, 0.05) is 25.2 Å². The van der Waals surface area contributed by atoms with Crippen LogP contribution in [0.15, 0.2) is 0 Å². The summed E-state index contributed by atoms with van der Waals surface area (Å²) in [4.78, 5) is 14.6. The highest BCUT2D eigenvalue weighted by molar-refractivity contribution is 5.86. The van der Waals surface area contributed by atoms with Gasteiger partial charge in [-0.15, -0.1) is 0 Å². The van der Waals surface area contributed by atoms with E-state index in [4.69, 9.17) is 4.74 Å². The zero-order valence-corrected chi connectivity index (χ0v) is 11.2. The third-order valence-electron chi connectivity index (χ3n) is 3.45. The summed E-state index contributed by atoms with van der Waals surface area (Å²) in [5.74, 6) is 0.233. The smallest absolute Gasteiger partial charge is 0.227 e. The second-order valence-electron chi connectivity index (χ2n) is 6.37. The van der Waals surface area contributed by atoms with Gasteiger partial charge in [0.1, 0.15) is 0 Å². The van der Waals surface area contributed by atoms with Gasteiger partial charge in [0.2, 0.25) is 5.91 Å². The molecule has 1 aliphatic heterocycles. The molecule has 1 heterocycles. The number of rotatable bonds is 3. The summed E-state index contributed by atoms with van der Waals surface area (Å²) in [5.41, 5.74) is -0.234. The molecule has 1 amide bonds. The molecule has 2 rings (SSSR count). The van der Waals surface area contributed by atoms with Gasteiger partial charge in [-0.25, -0.2) is 0 Å². The van der Waals surface area contributed by atoms with Crippen molar-refractivity contribution in [3.63, 3.8) is 0 Å². The van der Waals surface area contributed by atoms with Crippen LogP contribution in [-0.4, -0.2) is 49.2 Å². The maximum Gasteiger partial charge on any atom is 0.227 e. The van der Waals surface area contributed by atoms with Crippen molar-refractivity contribution in [1.29, 1.82) is 0 Å². The Morgan fingerprint density at radius 2 is 1.88 bits per heavy atom. The predicted octanol–water partition coefficient (Wildman–Crippen LogP) is 1.01. The van der Waals surface area contributed by atoms with Crippen LogP contribution in [0.2, 0.25) is 0 Å². The third-order valence-corrected chi connectivity index (χ3v) is 3.45. The first-order chi connectivity index (χ1) is 7.91. The topological polar surface area (TPSA) is 41.6 Å². The molecule has 98 valence electrons. The molecule has 1 N–H and O–H groups in total. The lowest BCUT2D eigenvalue weighted by Gasteiger charge is -2.31. The lowest BCUT2D eigenvalue weighted by atomic mass is 10.0. The Morgan fingerprint density at radius 3 is 2.35 bits per heavy atom. The summed E-state index contributed by atoms with van der Waals surface area (Å²) >= 11 is 0. The van der Waals surface area contributed by atoms with E-state index in [1.165, 1.54) is 0 Å². The van der Waals surface area contributed by atoms with Crippen molar-refractivity contribution in [1.82, 2.24) is 10.2 Å². The Balaban J connectivity index is 1.88. The first-order valence-corrected chi connectivity index (χ1v) is 6.54. The van der Waals surface area contributed by atoms with Gasteiger partial charge >= 0.3 is 0 Å². The molecule has 1 saturated carbocycles. The zero-order valence-electron chi connectivity index (χ0n) is 11.2. The highest BCUT2D eigenvalue weighted by Crippen LogP contribution is 2.46. The number of carbonyl (C=O) groups is 1. The molecule has 17 heavy (non-hydrogen) atoms. The molecule has 0 spiro atoms. The van der Waals surface area contributed by atoms with Crippen molar-refractivity contribution in [2.75, 3.05) is 32.8 Å². The van der Waals surface area contributed by atoms with Crippen LogP contribution in [0, 0.1) is 5.41 Å². The van der Waals surface area contributed by atoms with E-state index in [0.717, 1.165) is 45.7 Å². The van der Waals surface area contributed by atoms with Gasteiger partial charge in [-0.2, -0.15) is 0 Å². The minimum absolute atomic E-state index is 0.107. The molecule has 4 nitrogen and oxygen atoms in total. The fraction of sp³-hybridized carbons (Fsp3) is 0.923. The van der Waals surface area contributed by atoms with Crippen LogP contribution in [0.3, 0.4) is 0 Å². The van der Waals surface area contributed by atoms with Crippen LogP contribution in [0.1, 0.15) is 33.6 Å². The molecule has 1 saturated heterocycles. The number of ether oxygens (including phenoxy) is 1. The second kappa shape index (κ2) is 4.58. The molecule has 0 unspecified atom stereocenters. The summed E-state index contributed by atoms with van der Waals surface area (Å²) in [5, 5.41) is 3.11. The van der Waals surface area contributed by atoms with Crippen molar-refractivity contribution < 1.29 is 9.53 Å². The normalized spacial score (nSPS) is 24.4. The molecule has 0 radical (unpaired) electrons. The lowest BCUT2D eigenvalue weighted by molar-refractivity contribution is -0.129. The number of hydrogen-bond donors (Lipinski definition) is 1. The van der Waals surface area contributed by atoms with Crippen LogP contribution in [0.4, 0.5) is 0 Å². The predicted molar refractivity (Wildman–Crippen MR) is 66.8 cm³/mol. The maximum absolute atomic E-state index is 12.2. The van der Waals surface area contributed by atoms with Gasteiger partial charge in [-0.1, -0.05) is 0 Å². The van der Waals surface area contributed by atoms with Gasteiger partial charge in [-0.05, 0) is 33.6 Å². The highest BCUT2D eigenvalue weighted by atomic mass is 16.5. The number of nitrogens with zero attached hydrogens (tertiary/aromatic N) is 1. The van der Waals surface area contributed by atoms with Crippen molar-refractivity contribution in [3.8, 4) is 0 Å². The Hall–Kier alpha value is -0.610. The van der Waals surface area contributed by atoms with Gasteiger partial charge in [0.25, 0.3) is 0 Å². The molecular weight excluding hydrogens is 216 g/mol. The monoisotopic (exact) mass is 240 g/mol. The van der Waals surface area contributed by atoms with Gasteiger partial charge in [-0.3, -0.25) is 9.69 Å². The highest BCUT2D eigenvalue weighted by Gasteiger charge is 2.51. The van der Waals surface area contributed by atoms with Crippen LogP contribution >= 0.6 is 0 Å². The van der Waals surface area contributed by atoms with Gasteiger partial charge in [0.15, 0.2) is 0 Å². The van der Waals surface area contributed by atoms with Crippen molar-refractivity contribution in [2.24, 2.45) is 5.41 Å². The molecule has 4 heteroatoms. The number of nitrogens with one attached hydrogen (secondary N) is 1. The summed E-state index contributed by atoms with van der Waals surface area (Å²) < 4.78 is 5.33. The molecule has 0 bridgehead atoms. The molecule has 0 aromatic heterocycles. The van der Waals surface area contributed by atoms with Gasteiger partial charge in [0.05, 0.1) is 18.6 Å².